The van der Waals surface area contributed by atoms with Crippen molar-refractivity contribution < 1.29 is 9.18 Å². The zero-order valence-electron chi connectivity index (χ0n) is 13.3. The second kappa shape index (κ2) is 4.98. The van der Waals surface area contributed by atoms with Gasteiger partial charge in [0.25, 0.3) is 5.91 Å². The second-order valence-corrected chi connectivity index (χ2v) is 6.99. The molecule has 0 radical (unpaired) electrons. The number of hydrogen-bond donors (Lipinski definition) is 2. The number of anilines is 1. The number of nitrogens with two attached hydrogens (primary N) is 1. The number of halogens is 1. The summed E-state index contributed by atoms with van der Waals surface area (Å²) in [6, 6.07) is 4.77. The average Bonchev–Trinajstić information content (AvgIpc) is 2.37. The Kier molecular flexibility index (Phi) is 3.74. The lowest BCUT2D eigenvalue weighted by atomic mass is 9.77. The summed E-state index contributed by atoms with van der Waals surface area (Å²) in [4.78, 5) is 14.3. The van der Waals surface area contributed by atoms with E-state index < -0.39 is 5.54 Å². The molecule has 21 heavy (non-hydrogen) atoms. The Bertz CT molecular complexity index is 569. The maximum Gasteiger partial charge on any atom is 0.259 e. The molecule has 1 aliphatic rings. The van der Waals surface area contributed by atoms with Crippen LogP contribution in [0, 0.1) is 5.82 Å². The molecule has 0 fully saturated rings. The number of nitrogens with zero attached hydrogens (tertiary/aromatic N) is 1. The number of rotatable bonds is 2. The average molecular weight is 293 g/mol. The minimum atomic E-state index is -0.828. The van der Waals surface area contributed by atoms with Crippen LogP contribution in [-0.4, -0.2) is 17.0 Å². The van der Waals surface area contributed by atoms with Crippen molar-refractivity contribution in [2.75, 3.05) is 4.90 Å². The molecule has 0 aliphatic carbocycles. The van der Waals surface area contributed by atoms with Gasteiger partial charge in [0.1, 0.15) is 11.4 Å². The molecule has 0 bridgehead atoms. The van der Waals surface area contributed by atoms with E-state index in [2.05, 4.69) is 31.1 Å². The van der Waals surface area contributed by atoms with Crippen molar-refractivity contribution in [1.29, 1.82) is 0 Å². The maximum atomic E-state index is 13.6. The summed E-state index contributed by atoms with van der Waals surface area (Å²) in [6.07, 6.45) is 0.838. The SMILES string of the molecule is CC1CC(C)(C)N(C(C)(C)C(=O)NN)c2ccc(F)cc21. The third-order valence-corrected chi connectivity index (χ3v) is 4.42. The van der Waals surface area contributed by atoms with Crippen molar-refractivity contribution in [3.05, 3.63) is 29.6 Å². The largest absolute Gasteiger partial charge is 0.352 e. The molecule has 1 heterocycles. The first-order valence-electron chi connectivity index (χ1n) is 7.22. The molecule has 1 aromatic carbocycles. The number of hydrogen-bond acceptors (Lipinski definition) is 3. The van der Waals surface area contributed by atoms with Gasteiger partial charge in [0.15, 0.2) is 0 Å². The van der Waals surface area contributed by atoms with Gasteiger partial charge in [-0.1, -0.05) is 6.92 Å². The lowest BCUT2D eigenvalue weighted by Crippen LogP contribution is -2.65. The fourth-order valence-corrected chi connectivity index (χ4v) is 3.74. The lowest BCUT2D eigenvalue weighted by Gasteiger charge is -2.54. The summed E-state index contributed by atoms with van der Waals surface area (Å²) in [5.41, 5.74) is 3.01. The molecule has 116 valence electrons. The predicted octanol–water partition coefficient (Wildman–Crippen LogP) is 2.69. The third kappa shape index (κ3) is 2.50. The predicted molar refractivity (Wildman–Crippen MR) is 82.4 cm³/mol. The topological polar surface area (TPSA) is 58.4 Å². The number of carbonyl (C=O) groups is 1. The third-order valence-electron chi connectivity index (χ3n) is 4.42. The molecule has 0 saturated carbocycles. The summed E-state index contributed by atoms with van der Waals surface area (Å²) in [5.74, 6) is 5.06. The standard InChI is InChI=1S/C16H24FN3O/c1-10-9-15(2,3)20(16(4,5)14(21)19-18)13-7-6-11(17)8-12(10)13/h6-8,10H,9,18H2,1-5H3,(H,19,21). The van der Waals surface area contributed by atoms with Gasteiger partial charge in [-0.05, 0) is 63.8 Å². The Morgan fingerprint density at radius 3 is 2.67 bits per heavy atom. The van der Waals surface area contributed by atoms with Gasteiger partial charge < -0.3 is 4.90 Å². The molecule has 5 heteroatoms. The Hall–Kier alpha value is -1.62. The van der Waals surface area contributed by atoms with Gasteiger partial charge in [-0.25, -0.2) is 10.2 Å². The van der Waals surface area contributed by atoms with Crippen LogP contribution >= 0.6 is 0 Å². The molecule has 0 spiro atoms. The first kappa shape index (κ1) is 15.8. The van der Waals surface area contributed by atoms with Crippen molar-refractivity contribution in [1.82, 2.24) is 5.43 Å². The molecule has 1 unspecified atom stereocenters. The molecule has 1 aliphatic heterocycles. The van der Waals surface area contributed by atoms with Crippen LogP contribution in [0.5, 0.6) is 0 Å². The Morgan fingerprint density at radius 2 is 2.10 bits per heavy atom. The molecule has 1 atom stereocenters. The Morgan fingerprint density at radius 1 is 1.48 bits per heavy atom. The molecule has 4 nitrogen and oxygen atoms in total. The van der Waals surface area contributed by atoms with E-state index in [1.807, 2.05) is 13.8 Å². The highest BCUT2D eigenvalue weighted by atomic mass is 19.1. The Labute approximate surface area is 125 Å². The summed E-state index contributed by atoms with van der Waals surface area (Å²) >= 11 is 0. The molecule has 1 aromatic rings. The van der Waals surface area contributed by atoms with Gasteiger partial charge in [0.2, 0.25) is 0 Å². The van der Waals surface area contributed by atoms with E-state index in [1.165, 1.54) is 6.07 Å². The highest BCUT2D eigenvalue weighted by Gasteiger charge is 2.46. The number of benzene rings is 1. The van der Waals surface area contributed by atoms with Crippen LogP contribution in [-0.2, 0) is 4.79 Å². The molecule has 1 amide bonds. The molecule has 3 N–H and O–H groups in total. The van der Waals surface area contributed by atoms with E-state index in [-0.39, 0.29) is 23.2 Å². The van der Waals surface area contributed by atoms with Crippen LogP contribution < -0.4 is 16.2 Å². The zero-order chi connectivity index (χ0) is 16.0. The van der Waals surface area contributed by atoms with Gasteiger partial charge in [-0.15, -0.1) is 0 Å². The van der Waals surface area contributed by atoms with Gasteiger partial charge >= 0.3 is 0 Å². The molecule has 2 rings (SSSR count). The highest BCUT2D eigenvalue weighted by Crippen LogP contribution is 2.46. The van der Waals surface area contributed by atoms with Crippen molar-refractivity contribution >= 4 is 11.6 Å². The highest BCUT2D eigenvalue weighted by molar-refractivity contribution is 5.89. The number of carbonyl (C=O) groups excluding carboxylic acids is 1. The lowest BCUT2D eigenvalue weighted by molar-refractivity contribution is -0.126. The summed E-state index contributed by atoms with van der Waals surface area (Å²) in [6.45, 7) is 9.95. The number of nitrogens with one attached hydrogen (secondary N) is 1. The van der Waals surface area contributed by atoms with E-state index in [0.29, 0.717) is 0 Å². The quantitative estimate of drug-likeness (QED) is 0.501. The van der Waals surface area contributed by atoms with Gasteiger partial charge in [-0.3, -0.25) is 10.2 Å². The van der Waals surface area contributed by atoms with E-state index in [9.17, 15) is 9.18 Å². The fraction of sp³-hybridized carbons (Fsp3) is 0.562. The molecular formula is C16H24FN3O. The maximum absolute atomic E-state index is 13.6. The number of fused-ring (bicyclic) bond motifs is 1. The Balaban J connectivity index is 2.63. The van der Waals surface area contributed by atoms with Crippen LogP contribution in [0.4, 0.5) is 10.1 Å². The number of amides is 1. The van der Waals surface area contributed by atoms with Crippen LogP contribution in [0.2, 0.25) is 0 Å². The minimum Gasteiger partial charge on any atom is -0.352 e. The summed E-state index contributed by atoms with van der Waals surface area (Å²) in [5, 5.41) is 0. The van der Waals surface area contributed by atoms with Crippen molar-refractivity contribution in [3.63, 3.8) is 0 Å². The van der Waals surface area contributed by atoms with Crippen molar-refractivity contribution in [2.24, 2.45) is 5.84 Å². The minimum absolute atomic E-state index is 0.235. The smallest absolute Gasteiger partial charge is 0.259 e. The van der Waals surface area contributed by atoms with Crippen LogP contribution in [0.3, 0.4) is 0 Å². The monoisotopic (exact) mass is 293 g/mol. The van der Waals surface area contributed by atoms with Gasteiger partial charge in [0, 0.05) is 11.2 Å². The molecular weight excluding hydrogens is 269 g/mol. The second-order valence-electron chi connectivity index (χ2n) is 6.99. The van der Waals surface area contributed by atoms with E-state index >= 15 is 0 Å². The van der Waals surface area contributed by atoms with E-state index in [1.54, 1.807) is 12.1 Å². The zero-order valence-corrected chi connectivity index (χ0v) is 13.3. The molecule has 0 saturated heterocycles. The first-order chi connectivity index (χ1) is 9.61. The summed E-state index contributed by atoms with van der Waals surface area (Å²) < 4.78 is 13.6. The summed E-state index contributed by atoms with van der Waals surface area (Å²) in [7, 11) is 0. The van der Waals surface area contributed by atoms with Crippen LogP contribution in [0.15, 0.2) is 18.2 Å². The van der Waals surface area contributed by atoms with Crippen molar-refractivity contribution in [3.8, 4) is 0 Å². The van der Waals surface area contributed by atoms with E-state index in [4.69, 9.17) is 5.84 Å². The van der Waals surface area contributed by atoms with Crippen molar-refractivity contribution in [2.45, 2.75) is 58.0 Å². The normalized spacial score (nSPS) is 20.9. The van der Waals surface area contributed by atoms with Crippen LogP contribution in [0.1, 0.15) is 52.5 Å². The molecule has 0 aromatic heterocycles. The number of hydrazine groups is 1. The fourth-order valence-electron chi connectivity index (χ4n) is 3.74. The van der Waals surface area contributed by atoms with Gasteiger partial charge in [0.05, 0.1) is 0 Å². The van der Waals surface area contributed by atoms with Crippen LogP contribution in [0.25, 0.3) is 0 Å². The van der Waals surface area contributed by atoms with E-state index in [0.717, 1.165) is 17.7 Å². The first-order valence-corrected chi connectivity index (χ1v) is 7.22. The van der Waals surface area contributed by atoms with Gasteiger partial charge in [-0.2, -0.15) is 0 Å².